The summed E-state index contributed by atoms with van der Waals surface area (Å²) in [6.45, 7) is 1.60. The van der Waals surface area contributed by atoms with E-state index in [4.69, 9.17) is 0 Å². The number of fused-ring (bicyclic) bond motifs is 1. The Kier molecular flexibility index (Phi) is 5.68. The van der Waals surface area contributed by atoms with Gasteiger partial charge in [-0.3, -0.25) is 14.5 Å². The molecule has 0 saturated heterocycles. The fraction of sp³-hybridized carbons (Fsp3) is 0.250. The summed E-state index contributed by atoms with van der Waals surface area (Å²) in [5, 5.41) is 0. The average Bonchev–Trinajstić information content (AvgIpc) is 2.87. The van der Waals surface area contributed by atoms with Gasteiger partial charge in [-0.2, -0.15) is 0 Å². The van der Waals surface area contributed by atoms with Crippen LogP contribution in [0.3, 0.4) is 0 Å². The number of Topliss-reactive ketones (excluding diaryl/α,β-unsaturated/α-hetero) is 1. The summed E-state index contributed by atoms with van der Waals surface area (Å²) in [5.41, 5.74) is 5.72. The minimum atomic E-state index is -3.35. The van der Waals surface area contributed by atoms with Crippen LogP contribution in [0.5, 0.6) is 0 Å². The number of rotatable bonds is 4. The normalized spacial score (nSPS) is 18.4. The molecular weight excluding hydrogens is 396 g/mol. The number of carbonyl (C=O) groups is 1. The molecule has 1 heterocycles. The predicted molar refractivity (Wildman–Crippen MR) is 118 cm³/mol. The molecule has 154 valence electrons. The third kappa shape index (κ3) is 4.28. The Morgan fingerprint density at radius 2 is 1.87 bits per heavy atom. The summed E-state index contributed by atoms with van der Waals surface area (Å²) in [7, 11) is -3.35. The molecule has 0 fully saturated rings. The summed E-state index contributed by atoms with van der Waals surface area (Å²) in [6.07, 6.45) is 9.88. The number of ketones is 1. The molecule has 0 amide bonds. The Balaban J connectivity index is 1.69. The Hall–Kier alpha value is -2.99. The molecule has 0 bridgehead atoms. The van der Waals surface area contributed by atoms with Crippen LogP contribution in [0.15, 0.2) is 77.7 Å². The molecular formula is C24H24N2O3S. The molecule has 0 saturated carbocycles. The number of sulfonamides is 1. The van der Waals surface area contributed by atoms with Crippen molar-refractivity contribution in [2.75, 3.05) is 5.75 Å². The number of hydrogen-bond donors (Lipinski definition) is 1. The zero-order valence-corrected chi connectivity index (χ0v) is 17.7. The van der Waals surface area contributed by atoms with Crippen LogP contribution in [0.25, 0.3) is 11.1 Å². The maximum absolute atomic E-state index is 13.5. The molecule has 0 aliphatic heterocycles. The van der Waals surface area contributed by atoms with Gasteiger partial charge in [0.2, 0.25) is 10.0 Å². The minimum Gasteiger partial charge on any atom is -0.289 e. The summed E-state index contributed by atoms with van der Waals surface area (Å²) in [4.78, 5) is 18.1. The number of aromatic nitrogens is 1. The molecule has 4 rings (SSSR count). The van der Waals surface area contributed by atoms with Crippen LogP contribution in [-0.2, 0) is 16.4 Å². The number of carbonyl (C=O) groups excluding carboxylic acids is 1. The van der Waals surface area contributed by atoms with Crippen molar-refractivity contribution in [1.82, 2.24) is 9.71 Å². The van der Waals surface area contributed by atoms with Crippen molar-refractivity contribution < 1.29 is 13.2 Å². The molecule has 2 aromatic rings. The van der Waals surface area contributed by atoms with E-state index in [9.17, 15) is 13.2 Å². The van der Waals surface area contributed by atoms with E-state index in [-0.39, 0.29) is 11.5 Å². The summed E-state index contributed by atoms with van der Waals surface area (Å²) >= 11 is 0. The van der Waals surface area contributed by atoms with Crippen molar-refractivity contribution in [3.8, 4) is 11.1 Å². The second-order valence-electron chi connectivity index (χ2n) is 7.46. The molecule has 0 spiro atoms. The van der Waals surface area contributed by atoms with E-state index in [0.717, 1.165) is 28.8 Å². The van der Waals surface area contributed by atoms with Gasteiger partial charge in [-0.25, -0.2) is 8.42 Å². The Morgan fingerprint density at radius 3 is 2.63 bits per heavy atom. The summed E-state index contributed by atoms with van der Waals surface area (Å²) in [5.74, 6) is -0.00863. The van der Waals surface area contributed by atoms with Gasteiger partial charge in [-0.15, -0.1) is 0 Å². The summed E-state index contributed by atoms with van der Waals surface area (Å²) < 4.78 is 26.5. The number of nitrogens with one attached hydrogen (secondary N) is 1. The highest BCUT2D eigenvalue weighted by Crippen LogP contribution is 2.31. The van der Waals surface area contributed by atoms with Crippen molar-refractivity contribution in [1.29, 1.82) is 0 Å². The highest BCUT2D eigenvalue weighted by molar-refractivity contribution is 7.89. The van der Waals surface area contributed by atoms with Crippen molar-refractivity contribution in [3.05, 3.63) is 88.9 Å². The number of pyridine rings is 1. The zero-order valence-electron chi connectivity index (χ0n) is 16.9. The predicted octanol–water partition coefficient (Wildman–Crippen LogP) is 4.35. The van der Waals surface area contributed by atoms with Crippen LogP contribution < -0.4 is 4.72 Å². The fourth-order valence-electron chi connectivity index (χ4n) is 3.79. The molecule has 2 aliphatic carbocycles. The van der Waals surface area contributed by atoms with E-state index >= 15 is 0 Å². The van der Waals surface area contributed by atoms with Gasteiger partial charge in [0, 0.05) is 35.0 Å². The first kappa shape index (κ1) is 20.3. The first-order valence-electron chi connectivity index (χ1n) is 10.1. The van der Waals surface area contributed by atoms with Crippen LogP contribution in [0.1, 0.15) is 42.2 Å². The van der Waals surface area contributed by atoms with Crippen LogP contribution in [0, 0.1) is 0 Å². The number of hydrogen-bond acceptors (Lipinski definition) is 4. The zero-order chi connectivity index (χ0) is 21.1. The molecule has 0 radical (unpaired) electrons. The van der Waals surface area contributed by atoms with E-state index in [1.165, 1.54) is 0 Å². The number of nitrogens with zero attached hydrogens (tertiary/aromatic N) is 1. The lowest BCUT2D eigenvalue weighted by Crippen LogP contribution is -2.24. The van der Waals surface area contributed by atoms with E-state index in [0.29, 0.717) is 36.1 Å². The van der Waals surface area contributed by atoms with Gasteiger partial charge in [-0.1, -0.05) is 48.6 Å². The molecule has 1 aromatic carbocycles. The van der Waals surface area contributed by atoms with Crippen molar-refractivity contribution in [2.45, 2.75) is 32.6 Å². The first-order valence-corrected chi connectivity index (χ1v) is 11.8. The smallest absolute Gasteiger partial charge is 0.232 e. The van der Waals surface area contributed by atoms with Gasteiger partial charge in [0.1, 0.15) is 0 Å². The quantitative estimate of drug-likeness (QED) is 0.798. The number of allylic oxidation sites excluding steroid dienone is 5. The van der Waals surface area contributed by atoms with Crippen LogP contribution >= 0.6 is 0 Å². The topological polar surface area (TPSA) is 76.1 Å². The highest BCUT2D eigenvalue weighted by atomic mass is 32.2. The van der Waals surface area contributed by atoms with Crippen molar-refractivity contribution in [2.24, 2.45) is 0 Å². The lowest BCUT2D eigenvalue weighted by Gasteiger charge is -2.14. The SMILES string of the molecule is CCS(=O)(=O)N/C1=C/CC2=C(C=CC1)CCc1ncc(-c3ccccc3)cc1C2=O. The monoisotopic (exact) mass is 420 g/mol. The summed E-state index contributed by atoms with van der Waals surface area (Å²) in [6, 6.07) is 11.8. The van der Waals surface area contributed by atoms with E-state index in [2.05, 4.69) is 9.71 Å². The third-order valence-electron chi connectivity index (χ3n) is 5.49. The lowest BCUT2D eigenvalue weighted by molar-refractivity contribution is 0.103. The van der Waals surface area contributed by atoms with Gasteiger partial charge < -0.3 is 0 Å². The van der Waals surface area contributed by atoms with E-state index in [1.807, 2.05) is 60.8 Å². The maximum atomic E-state index is 13.5. The van der Waals surface area contributed by atoms with Crippen molar-refractivity contribution in [3.63, 3.8) is 0 Å². The average molecular weight is 421 g/mol. The second-order valence-corrected chi connectivity index (χ2v) is 9.47. The molecule has 30 heavy (non-hydrogen) atoms. The van der Waals surface area contributed by atoms with Crippen molar-refractivity contribution >= 4 is 15.8 Å². The first-order chi connectivity index (χ1) is 14.5. The van der Waals surface area contributed by atoms with Gasteiger partial charge >= 0.3 is 0 Å². The second kappa shape index (κ2) is 8.40. The largest absolute Gasteiger partial charge is 0.289 e. The Labute approximate surface area is 177 Å². The minimum absolute atomic E-state index is 0.0161. The molecule has 1 N–H and O–H groups in total. The number of benzene rings is 1. The van der Waals surface area contributed by atoms with Gasteiger partial charge in [0.25, 0.3) is 0 Å². The molecule has 0 unspecified atom stereocenters. The van der Waals surface area contributed by atoms with Gasteiger partial charge in [0.15, 0.2) is 5.78 Å². The highest BCUT2D eigenvalue weighted by Gasteiger charge is 2.24. The maximum Gasteiger partial charge on any atom is 0.232 e. The van der Waals surface area contributed by atoms with Crippen LogP contribution in [0.4, 0.5) is 0 Å². The molecule has 1 aromatic heterocycles. The number of aryl methyl sites for hydroxylation is 1. The third-order valence-corrected chi connectivity index (χ3v) is 6.82. The van der Waals surface area contributed by atoms with E-state index < -0.39 is 10.0 Å². The van der Waals surface area contributed by atoms with E-state index in [1.54, 1.807) is 6.92 Å². The van der Waals surface area contributed by atoms with Crippen LogP contribution in [-0.4, -0.2) is 24.9 Å². The molecule has 2 aliphatic rings. The standard InChI is InChI=1S/C24H24N2O3S/c1-2-30(28,29)26-20-10-6-9-18-11-14-23-22(24(27)21(18)13-12-20)15-19(16-25-23)17-7-4-3-5-8-17/h3-9,12,15-16,26H,2,10-11,13-14H2,1H3/b9-6?,20-12+. The molecule has 5 nitrogen and oxygen atoms in total. The molecule has 0 atom stereocenters. The Morgan fingerprint density at radius 1 is 1.07 bits per heavy atom. The fourth-order valence-corrected chi connectivity index (χ4v) is 4.50. The van der Waals surface area contributed by atoms with Crippen LogP contribution in [0.2, 0.25) is 0 Å². The van der Waals surface area contributed by atoms with Gasteiger partial charge in [-0.05, 0) is 43.4 Å². The molecule has 6 heteroatoms. The van der Waals surface area contributed by atoms with Gasteiger partial charge in [0.05, 0.1) is 11.4 Å². The lowest BCUT2D eigenvalue weighted by atomic mass is 9.94. The Bertz CT molecular complexity index is 1180.